The number of aliphatic hydroxyl groups excluding tert-OH is 1. The first-order chi connectivity index (χ1) is 9.26. The maximum absolute atomic E-state index is 9.72. The molecule has 1 heterocycles. The molecule has 0 amide bonds. The van der Waals surface area contributed by atoms with Crippen LogP contribution >= 0.6 is 0 Å². The van der Waals surface area contributed by atoms with Gasteiger partial charge in [-0.3, -0.25) is 0 Å². The Morgan fingerprint density at radius 2 is 2.21 bits per heavy atom. The molecule has 1 rings (SSSR count). The van der Waals surface area contributed by atoms with E-state index in [2.05, 4.69) is 17.2 Å². The lowest BCUT2D eigenvalue weighted by atomic mass is 10.3. The lowest BCUT2D eigenvalue weighted by Gasteiger charge is -2.13. The number of rotatable bonds is 10. The number of unbranched alkanes of at least 4 members (excludes halogenated alkanes) is 1. The molecule has 0 aliphatic heterocycles. The fourth-order valence-corrected chi connectivity index (χ4v) is 1.48. The minimum atomic E-state index is -0.511. The molecule has 5 nitrogen and oxygen atoms in total. The van der Waals surface area contributed by atoms with Crippen LogP contribution < -0.4 is 10.1 Å². The van der Waals surface area contributed by atoms with Crippen molar-refractivity contribution >= 4 is 5.69 Å². The number of nitrogens with zero attached hydrogens (tertiary/aromatic N) is 1. The number of nitrogens with one attached hydrogen (secondary N) is 1. The molecule has 0 radical (unpaired) electrons. The Labute approximate surface area is 115 Å². The average molecular weight is 268 g/mol. The molecule has 0 aromatic carbocycles. The maximum atomic E-state index is 9.72. The summed E-state index contributed by atoms with van der Waals surface area (Å²) in [5.74, 6) is 0.608. The van der Waals surface area contributed by atoms with Crippen molar-refractivity contribution in [1.29, 1.82) is 0 Å². The van der Waals surface area contributed by atoms with Crippen LogP contribution in [0.2, 0.25) is 0 Å². The van der Waals surface area contributed by atoms with Crippen LogP contribution in [0.15, 0.2) is 18.3 Å². The number of hydrogen-bond donors (Lipinski definition) is 2. The molecular formula is C14H24N2O3. The van der Waals surface area contributed by atoms with Crippen LogP contribution in [0, 0.1) is 0 Å². The monoisotopic (exact) mass is 268 g/mol. The van der Waals surface area contributed by atoms with E-state index in [0.29, 0.717) is 32.2 Å². The first kappa shape index (κ1) is 15.7. The van der Waals surface area contributed by atoms with Gasteiger partial charge >= 0.3 is 0 Å². The van der Waals surface area contributed by atoms with Crippen molar-refractivity contribution in [2.24, 2.45) is 0 Å². The summed E-state index contributed by atoms with van der Waals surface area (Å²) in [5, 5.41) is 12.8. The van der Waals surface area contributed by atoms with Crippen molar-refractivity contribution in [3.63, 3.8) is 0 Å². The van der Waals surface area contributed by atoms with Crippen LogP contribution in [0.4, 0.5) is 5.69 Å². The lowest BCUT2D eigenvalue weighted by molar-refractivity contribution is 0.0422. The molecule has 1 unspecified atom stereocenters. The van der Waals surface area contributed by atoms with Crippen molar-refractivity contribution in [2.75, 3.05) is 31.7 Å². The predicted octanol–water partition coefficient (Wildman–Crippen LogP) is 2.07. The zero-order valence-electron chi connectivity index (χ0n) is 11.8. The maximum Gasteiger partial charge on any atom is 0.213 e. The summed E-state index contributed by atoms with van der Waals surface area (Å²) >= 11 is 0. The summed E-state index contributed by atoms with van der Waals surface area (Å²) < 4.78 is 10.6. The van der Waals surface area contributed by atoms with E-state index in [9.17, 15) is 5.11 Å². The van der Waals surface area contributed by atoms with Gasteiger partial charge in [0.15, 0.2) is 0 Å². The third-order valence-electron chi connectivity index (χ3n) is 2.52. The molecule has 0 bridgehead atoms. The van der Waals surface area contributed by atoms with Gasteiger partial charge in [0.25, 0.3) is 0 Å². The predicted molar refractivity (Wildman–Crippen MR) is 75.6 cm³/mol. The van der Waals surface area contributed by atoms with Crippen molar-refractivity contribution in [1.82, 2.24) is 4.98 Å². The van der Waals surface area contributed by atoms with E-state index in [4.69, 9.17) is 9.47 Å². The topological polar surface area (TPSA) is 63.6 Å². The number of ether oxygens (including phenoxy) is 2. The highest BCUT2D eigenvalue weighted by atomic mass is 16.5. The minimum Gasteiger partial charge on any atom is -0.478 e. The SMILES string of the molecule is CCCCOCC(O)CNc1ccc(OCC)nc1. The molecule has 0 aliphatic carbocycles. The van der Waals surface area contributed by atoms with E-state index >= 15 is 0 Å². The molecule has 0 spiro atoms. The highest BCUT2D eigenvalue weighted by molar-refractivity contribution is 5.42. The largest absolute Gasteiger partial charge is 0.478 e. The van der Waals surface area contributed by atoms with Gasteiger partial charge < -0.3 is 19.9 Å². The van der Waals surface area contributed by atoms with Crippen molar-refractivity contribution in [3.8, 4) is 5.88 Å². The Morgan fingerprint density at radius 1 is 1.37 bits per heavy atom. The average Bonchev–Trinajstić information content (AvgIpc) is 2.43. The summed E-state index contributed by atoms with van der Waals surface area (Å²) in [6, 6.07) is 3.68. The van der Waals surface area contributed by atoms with E-state index in [-0.39, 0.29) is 0 Å². The number of aromatic nitrogens is 1. The molecule has 0 fully saturated rings. The lowest BCUT2D eigenvalue weighted by Crippen LogP contribution is -2.25. The molecule has 0 aliphatic rings. The second-order valence-electron chi connectivity index (χ2n) is 4.28. The molecule has 1 aromatic heterocycles. The minimum absolute atomic E-state index is 0.359. The summed E-state index contributed by atoms with van der Waals surface area (Å²) in [4.78, 5) is 4.14. The highest BCUT2D eigenvalue weighted by Crippen LogP contribution is 2.11. The fourth-order valence-electron chi connectivity index (χ4n) is 1.48. The second-order valence-corrected chi connectivity index (χ2v) is 4.28. The standard InChI is InChI=1S/C14H24N2O3/c1-3-5-8-18-11-13(17)10-15-12-6-7-14(16-9-12)19-4-2/h6-7,9,13,15,17H,3-5,8,10-11H2,1-2H3. The quantitative estimate of drug-likeness (QED) is 0.636. The fraction of sp³-hybridized carbons (Fsp3) is 0.643. The molecule has 2 N–H and O–H groups in total. The number of anilines is 1. The first-order valence-electron chi connectivity index (χ1n) is 6.84. The van der Waals surface area contributed by atoms with Gasteiger partial charge in [-0.05, 0) is 19.4 Å². The van der Waals surface area contributed by atoms with Gasteiger partial charge in [-0.25, -0.2) is 4.98 Å². The molecule has 0 saturated carbocycles. The van der Waals surface area contributed by atoms with Crippen molar-refractivity contribution < 1.29 is 14.6 Å². The Bertz CT molecular complexity index is 330. The van der Waals surface area contributed by atoms with Gasteiger partial charge in [0.2, 0.25) is 5.88 Å². The normalized spacial score (nSPS) is 12.2. The van der Waals surface area contributed by atoms with E-state index in [0.717, 1.165) is 18.5 Å². The number of hydrogen-bond acceptors (Lipinski definition) is 5. The third-order valence-corrected chi connectivity index (χ3v) is 2.52. The number of pyridine rings is 1. The van der Waals surface area contributed by atoms with Gasteiger partial charge in [0, 0.05) is 19.2 Å². The Morgan fingerprint density at radius 3 is 2.84 bits per heavy atom. The van der Waals surface area contributed by atoms with Crippen LogP contribution in [0.5, 0.6) is 5.88 Å². The molecule has 5 heteroatoms. The first-order valence-corrected chi connectivity index (χ1v) is 6.84. The molecule has 1 atom stereocenters. The van der Waals surface area contributed by atoms with Gasteiger partial charge in [-0.2, -0.15) is 0 Å². The van der Waals surface area contributed by atoms with Crippen LogP contribution in [0.25, 0.3) is 0 Å². The molecule has 1 aromatic rings. The van der Waals surface area contributed by atoms with Gasteiger partial charge in [0.1, 0.15) is 0 Å². The zero-order valence-corrected chi connectivity index (χ0v) is 11.8. The van der Waals surface area contributed by atoms with E-state index < -0.39 is 6.10 Å². The van der Waals surface area contributed by atoms with Gasteiger partial charge in [0.05, 0.1) is 31.2 Å². The van der Waals surface area contributed by atoms with Gasteiger partial charge in [-0.15, -0.1) is 0 Å². The smallest absolute Gasteiger partial charge is 0.213 e. The molecule has 0 saturated heterocycles. The second kappa shape index (κ2) is 9.58. The molecule has 19 heavy (non-hydrogen) atoms. The van der Waals surface area contributed by atoms with Crippen LogP contribution in [-0.4, -0.2) is 42.6 Å². The summed E-state index contributed by atoms with van der Waals surface area (Å²) in [6.07, 6.45) is 3.31. The summed E-state index contributed by atoms with van der Waals surface area (Å²) in [6.45, 7) is 6.15. The summed E-state index contributed by atoms with van der Waals surface area (Å²) in [5.41, 5.74) is 0.857. The highest BCUT2D eigenvalue weighted by Gasteiger charge is 2.04. The van der Waals surface area contributed by atoms with Crippen LogP contribution in [-0.2, 0) is 4.74 Å². The molecular weight excluding hydrogens is 244 g/mol. The Balaban J connectivity index is 2.20. The molecule has 108 valence electrons. The van der Waals surface area contributed by atoms with E-state index in [1.807, 2.05) is 13.0 Å². The van der Waals surface area contributed by atoms with Crippen molar-refractivity contribution in [3.05, 3.63) is 18.3 Å². The van der Waals surface area contributed by atoms with Crippen molar-refractivity contribution in [2.45, 2.75) is 32.8 Å². The zero-order chi connectivity index (χ0) is 13.9. The van der Waals surface area contributed by atoms with E-state index in [1.54, 1.807) is 12.3 Å². The van der Waals surface area contributed by atoms with Crippen LogP contribution in [0.3, 0.4) is 0 Å². The summed E-state index contributed by atoms with van der Waals surface area (Å²) in [7, 11) is 0. The van der Waals surface area contributed by atoms with Gasteiger partial charge in [-0.1, -0.05) is 13.3 Å². The Hall–Kier alpha value is -1.33. The third kappa shape index (κ3) is 6.98. The Kier molecular flexibility index (Phi) is 7.93. The van der Waals surface area contributed by atoms with E-state index in [1.165, 1.54) is 0 Å². The van der Waals surface area contributed by atoms with Crippen LogP contribution in [0.1, 0.15) is 26.7 Å². The number of aliphatic hydroxyl groups is 1.